The van der Waals surface area contributed by atoms with Crippen LogP contribution in [0.3, 0.4) is 0 Å². The van der Waals surface area contributed by atoms with Crippen molar-refractivity contribution >= 4 is 34.0 Å². The van der Waals surface area contributed by atoms with E-state index in [1.807, 2.05) is 45.0 Å². The van der Waals surface area contributed by atoms with E-state index in [0.717, 1.165) is 16.8 Å². The van der Waals surface area contributed by atoms with E-state index in [1.165, 1.54) is 11.5 Å². The predicted molar refractivity (Wildman–Crippen MR) is 94.5 cm³/mol. The fourth-order valence-corrected chi connectivity index (χ4v) is 3.55. The number of aromatic nitrogens is 1. The lowest BCUT2D eigenvalue weighted by atomic mass is 10.0. The fraction of sp³-hybridized carbons (Fsp3) is 0.412. The van der Waals surface area contributed by atoms with Gasteiger partial charge in [0.2, 0.25) is 5.91 Å². The van der Waals surface area contributed by atoms with Crippen molar-refractivity contribution < 1.29 is 14.3 Å². The van der Waals surface area contributed by atoms with Gasteiger partial charge in [-0.1, -0.05) is 35.9 Å². The molecule has 1 aliphatic heterocycles. The Morgan fingerprint density at radius 2 is 2.17 bits per heavy atom. The van der Waals surface area contributed by atoms with Gasteiger partial charge in [-0.15, -0.1) is 0 Å². The second kappa shape index (κ2) is 6.80. The largest absolute Gasteiger partial charge is 0.343 e. The van der Waals surface area contributed by atoms with Crippen LogP contribution < -0.4 is 5.32 Å². The summed E-state index contributed by atoms with van der Waals surface area (Å²) in [4.78, 5) is 12.2. The molecule has 1 aromatic heterocycles. The van der Waals surface area contributed by atoms with Crippen LogP contribution in [0.5, 0.6) is 0 Å². The number of carbonyl (C=O) groups excluding carboxylic acids is 1. The molecule has 2 aromatic rings. The molecule has 1 amide bonds. The number of ether oxygens (including phenoxy) is 2. The van der Waals surface area contributed by atoms with Crippen LogP contribution in [0.25, 0.3) is 0 Å². The van der Waals surface area contributed by atoms with Crippen molar-refractivity contribution in [1.82, 2.24) is 4.37 Å². The number of nitrogens with zero attached hydrogens (tertiary/aromatic N) is 1. The lowest BCUT2D eigenvalue weighted by molar-refractivity contribution is -0.159. The normalized spacial score (nSPS) is 23.4. The summed E-state index contributed by atoms with van der Waals surface area (Å²) >= 11 is 7.27. The third-order valence-electron chi connectivity index (χ3n) is 3.91. The highest BCUT2D eigenvalue weighted by Crippen LogP contribution is 2.34. The molecule has 0 bridgehead atoms. The maximum atomic E-state index is 12.2. The molecular weight excluding hydrogens is 348 g/mol. The Morgan fingerprint density at radius 1 is 1.46 bits per heavy atom. The number of carbonyl (C=O) groups is 1. The maximum Gasteiger partial charge on any atom is 0.229 e. The molecule has 0 aliphatic carbocycles. The van der Waals surface area contributed by atoms with Crippen LogP contribution in [-0.2, 0) is 26.5 Å². The Kier molecular flexibility index (Phi) is 4.92. The number of rotatable bonds is 4. The van der Waals surface area contributed by atoms with Gasteiger partial charge >= 0.3 is 0 Å². The Labute approximate surface area is 150 Å². The molecule has 0 spiro atoms. The summed E-state index contributed by atoms with van der Waals surface area (Å²) in [5, 5.41) is 3.89. The van der Waals surface area contributed by atoms with Crippen molar-refractivity contribution in [2.75, 3.05) is 11.9 Å². The molecule has 2 heterocycles. The summed E-state index contributed by atoms with van der Waals surface area (Å²) < 4.78 is 15.7. The third kappa shape index (κ3) is 3.62. The summed E-state index contributed by atoms with van der Waals surface area (Å²) in [5.74, 6) is -0.838. The molecule has 0 radical (unpaired) electrons. The number of nitrogens with one attached hydrogen (secondary N) is 1. The average molecular weight is 367 g/mol. The summed E-state index contributed by atoms with van der Waals surface area (Å²) in [6.07, 6.45) is 0.343. The van der Waals surface area contributed by atoms with Crippen LogP contribution in [0.1, 0.15) is 30.7 Å². The first-order valence-electron chi connectivity index (χ1n) is 7.70. The second-order valence-electron chi connectivity index (χ2n) is 6.02. The quantitative estimate of drug-likeness (QED) is 0.891. The Hall–Kier alpha value is -1.47. The molecule has 1 N–H and O–H groups in total. The van der Waals surface area contributed by atoms with Crippen LogP contribution in [0.4, 0.5) is 5.00 Å². The minimum absolute atomic E-state index is 0.0769. The standard InChI is InChI=1S/C17H19ClN2O3S/c1-10-9-22-17(3,23-10)13-6-4-12(5-7-13)8-14(21)19-16-15(18)11(2)20-24-16/h4-7,10H,8-9H2,1-3H3,(H,19,21). The maximum absolute atomic E-state index is 12.2. The molecule has 1 aromatic carbocycles. The summed E-state index contributed by atoms with van der Waals surface area (Å²) in [6.45, 7) is 6.28. The molecule has 1 fully saturated rings. The zero-order valence-corrected chi connectivity index (χ0v) is 15.3. The van der Waals surface area contributed by atoms with E-state index in [2.05, 4.69) is 9.69 Å². The SMILES string of the molecule is Cc1nsc(NC(=O)Cc2ccc(C3(C)OCC(C)O3)cc2)c1Cl. The zero-order chi connectivity index (χ0) is 17.3. The van der Waals surface area contributed by atoms with Crippen LogP contribution in [0.2, 0.25) is 5.02 Å². The highest BCUT2D eigenvalue weighted by Gasteiger charge is 2.36. The minimum Gasteiger partial charge on any atom is -0.343 e. The van der Waals surface area contributed by atoms with Crippen molar-refractivity contribution in [3.8, 4) is 0 Å². The van der Waals surface area contributed by atoms with E-state index in [-0.39, 0.29) is 18.4 Å². The van der Waals surface area contributed by atoms with E-state index in [1.54, 1.807) is 0 Å². The van der Waals surface area contributed by atoms with Crippen LogP contribution in [-0.4, -0.2) is 23.0 Å². The second-order valence-corrected chi connectivity index (χ2v) is 7.17. The minimum atomic E-state index is -0.714. The lowest BCUT2D eigenvalue weighted by Crippen LogP contribution is -2.23. The van der Waals surface area contributed by atoms with Crippen molar-refractivity contribution in [2.24, 2.45) is 0 Å². The van der Waals surface area contributed by atoms with E-state index < -0.39 is 5.79 Å². The first-order valence-corrected chi connectivity index (χ1v) is 8.85. The van der Waals surface area contributed by atoms with Crippen molar-refractivity contribution in [1.29, 1.82) is 0 Å². The van der Waals surface area contributed by atoms with Crippen molar-refractivity contribution in [3.63, 3.8) is 0 Å². The average Bonchev–Trinajstić information content (AvgIpc) is 3.05. The van der Waals surface area contributed by atoms with Gasteiger partial charge in [-0.3, -0.25) is 4.79 Å². The van der Waals surface area contributed by atoms with Gasteiger partial charge in [0.05, 0.1) is 29.8 Å². The number of hydrogen-bond acceptors (Lipinski definition) is 5. The Bertz CT molecular complexity index is 747. The Balaban J connectivity index is 1.64. The number of anilines is 1. The van der Waals surface area contributed by atoms with Gasteiger partial charge in [-0.2, -0.15) is 4.37 Å². The third-order valence-corrected chi connectivity index (χ3v) is 5.33. The zero-order valence-electron chi connectivity index (χ0n) is 13.8. The summed E-state index contributed by atoms with van der Waals surface area (Å²) in [5.41, 5.74) is 2.57. The molecule has 24 heavy (non-hydrogen) atoms. The van der Waals surface area contributed by atoms with Gasteiger partial charge in [0.15, 0.2) is 5.79 Å². The number of aryl methyl sites for hydroxylation is 1. The van der Waals surface area contributed by atoms with Gasteiger partial charge in [-0.05, 0) is 37.9 Å². The molecule has 3 rings (SSSR count). The monoisotopic (exact) mass is 366 g/mol. The molecule has 128 valence electrons. The van der Waals surface area contributed by atoms with Crippen LogP contribution >= 0.6 is 23.1 Å². The molecule has 2 atom stereocenters. The molecule has 5 nitrogen and oxygen atoms in total. The van der Waals surface area contributed by atoms with Gasteiger partial charge in [0.1, 0.15) is 5.00 Å². The van der Waals surface area contributed by atoms with Crippen molar-refractivity contribution in [3.05, 3.63) is 46.1 Å². The number of halogens is 1. The molecular formula is C17H19ClN2O3S. The lowest BCUT2D eigenvalue weighted by Gasteiger charge is -2.23. The number of amides is 1. The smallest absolute Gasteiger partial charge is 0.229 e. The fourth-order valence-electron chi connectivity index (χ4n) is 2.60. The van der Waals surface area contributed by atoms with E-state index in [0.29, 0.717) is 16.6 Å². The number of benzene rings is 1. The first kappa shape index (κ1) is 17.4. The van der Waals surface area contributed by atoms with Gasteiger partial charge in [0.25, 0.3) is 0 Å². The summed E-state index contributed by atoms with van der Waals surface area (Å²) in [7, 11) is 0. The molecule has 1 saturated heterocycles. The highest BCUT2D eigenvalue weighted by molar-refractivity contribution is 7.11. The molecule has 0 saturated carbocycles. The van der Waals surface area contributed by atoms with E-state index in [9.17, 15) is 4.79 Å². The number of hydrogen-bond donors (Lipinski definition) is 1. The Morgan fingerprint density at radius 3 is 2.71 bits per heavy atom. The van der Waals surface area contributed by atoms with Gasteiger partial charge < -0.3 is 14.8 Å². The highest BCUT2D eigenvalue weighted by atomic mass is 35.5. The topological polar surface area (TPSA) is 60.5 Å². The van der Waals surface area contributed by atoms with E-state index in [4.69, 9.17) is 21.1 Å². The van der Waals surface area contributed by atoms with Crippen LogP contribution in [0, 0.1) is 6.92 Å². The summed E-state index contributed by atoms with van der Waals surface area (Å²) in [6, 6.07) is 7.69. The molecule has 2 unspecified atom stereocenters. The first-order chi connectivity index (χ1) is 11.4. The van der Waals surface area contributed by atoms with Crippen molar-refractivity contribution in [2.45, 2.75) is 39.1 Å². The van der Waals surface area contributed by atoms with Gasteiger partial charge in [-0.25, -0.2) is 0 Å². The molecule has 7 heteroatoms. The molecule has 1 aliphatic rings. The van der Waals surface area contributed by atoms with Crippen LogP contribution in [0.15, 0.2) is 24.3 Å². The van der Waals surface area contributed by atoms with Gasteiger partial charge in [0, 0.05) is 5.56 Å². The predicted octanol–water partition coefficient (Wildman–Crippen LogP) is 3.89. The van der Waals surface area contributed by atoms with E-state index >= 15 is 0 Å².